The summed E-state index contributed by atoms with van der Waals surface area (Å²) >= 11 is -2.34. The molecule has 29 heavy (non-hydrogen) atoms. The van der Waals surface area contributed by atoms with Crippen LogP contribution in [0, 0.1) is 5.92 Å². The van der Waals surface area contributed by atoms with Gasteiger partial charge in [0.2, 0.25) is 0 Å². The fraction of sp³-hybridized carbons (Fsp3) is 0.640. The SMILES string of the molecule is CCC[CH2][Sn]([CH2]CCC)([CH2]CCC)[CH2]CC(O)C(/C=C/c1ccccc1)C(=O)O. The zero-order chi connectivity index (χ0) is 21.5. The van der Waals surface area contributed by atoms with Gasteiger partial charge in [0.15, 0.2) is 0 Å². The normalized spacial score (nSPS) is 14.2. The maximum absolute atomic E-state index is 11.8. The van der Waals surface area contributed by atoms with Gasteiger partial charge in [-0.2, -0.15) is 0 Å². The fourth-order valence-electron chi connectivity index (χ4n) is 4.19. The molecule has 0 saturated carbocycles. The summed E-state index contributed by atoms with van der Waals surface area (Å²) in [6, 6.07) is 9.71. The van der Waals surface area contributed by atoms with Crippen LogP contribution in [0.3, 0.4) is 0 Å². The fourth-order valence-corrected chi connectivity index (χ4v) is 20.5. The van der Waals surface area contributed by atoms with E-state index in [1.54, 1.807) is 6.08 Å². The molecule has 164 valence electrons. The molecular weight excluding hydrogens is 467 g/mol. The molecule has 1 aromatic rings. The summed E-state index contributed by atoms with van der Waals surface area (Å²) < 4.78 is 5.32. The van der Waals surface area contributed by atoms with Crippen molar-refractivity contribution in [3.63, 3.8) is 0 Å². The van der Waals surface area contributed by atoms with E-state index in [0.29, 0.717) is 6.42 Å². The van der Waals surface area contributed by atoms with Crippen LogP contribution in [0.1, 0.15) is 71.3 Å². The van der Waals surface area contributed by atoms with E-state index < -0.39 is 36.4 Å². The molecule has 0 saturated heterocycles. The van der Waals surface area contributed by atoms with E-state index in [4.69, 9.17) is 0 Å². The third-order valence-corrected chi connectivity index (χ3v) is 22.1. The summed E-state index contributed by atoms with van der Waals surface area (Å²) in [4.78, 5) is 11.8. The number of aliphatic hydroxyl groups is 1. The van der Waals surface area contributed by atoms with Crippen LogP contribution >= 0.6 is 0 Å². The summed E-state index contributed by atoms with van der Waals surface area (Å²) in [5, 5.41) is 20.5. The zero-order valence-corrected chi connectivity index (χ0v) is 21.6. The predicted molar refractivity (Wildman–Crippen MR) is 127 cm³/mol. The Balaban J connectivity index is 2.85. The molecule has 3 nitrogen and oxygen atoms in total. The average Bonchev–Trinajstić information content (AvgIpc) is 2.73. The van der Waals surface area contributed by atoms with Gasteiger partial charge in [-0.05, 0) is 0 Å². The van der Waals surface area contributed by atoms with Gasteiger partial charge in [-0.15, -0.1) is 0 Å². The van der Waals surface area contributed by atoms with Gasteiger partial charge in [-0.3, -0.25) is 0 Å². The molecule has 0 radical (unpaired) electrons. The molecule has 2 unspecified atom stereocenters. The monoisotopic (exact) mass is 510 g/mol. The molecule has 0 bridgehead atoms. The Labute approximate surface area is 182 Å². The molecule has 2 N–H and O–H groups in total. The Morgan fingerprint density at radius 3 is 1.90 bits per heavy atom. The van der Waals surface area contributed by atoms with Crippen LogP contribution < -0.4 is 0 Å². The zero-order valence-electron chi connectivity index (χ0n) is 18.8. The molecule has 4 heteroatoms. The van der Waals surface area contributed by atoms with Crippen LogP contribution in [-0.4, -0.2) is 40.7 Å². The summed E-state index contributed by atoms with van der Waals surface area (Å²) in [6.07, 6.45) is 10.9. The van der Waals surface area contributed by atoms with E-state index in [9.17, 15) is 15.0 Å². The molecule has 0 aliphatic carbocycles. The van der Waals surface area contributed by atoms with E-state index in [-0.39, 0.29) is 0 Å². The third-order valence-electron chi connectivity index (χ3n) is 6.15. The molecular formula is C25H42O3Sn. The van der Waals surface area contributed by atoms with Crippen molar-refractivity contribution >= 4 is 30.4 Å². The van der Waals surface area contributed by atoms with Gasteiger partial charge in [-0.1, -0.05) is 0 Å². The standard InChI is InChI=1S/C13H15O3.3C4H9.Sn/c1-2-12(14)11(13(15)16)9-8-10-6-4-3-5-7-10;3*1-3-4-2;/h3-9,11-12,14H,1-2H2,(H,15,16);3*1,3-4H2,2H3;/b9-8+;;;;. The van der Waals surface area contributed by atoms with E-state index in [1.165, 1.54) is 51.8 Å². The molecule has 1 aromatic carbocycles. The Morgan fingerprint density at radius 1 is 0.931 bits per heavy atom. The first-order valence-corrected chi connectivity index (χ1v) is 19.7. The van der Waals surface area contributed by atoms with Gasteiger partial charge in [0.1, 0.15) is 0 Å². The molecule has 1 rings (SSSR count). The topological polar surface area (TPSA) is 57.5 Å². The van der Waals surface area contributed by atoms with Crippen LogP contribution in [0.4, 0.5) is 0 Å². The Kier molecular flexibility index (Phi) is 13.6. The number of carboxylic acids is 1. The molecule has 0 aliphatic rings. The number of carboxylic acid groups (broad SMARTS) is 1. The van der Waals surface area contributed by atoms with Gasteiger partial charge in [0.25, 0.3) is 0 Å². The first-order valence-electron chi connectivity index (χ1n) is 11.6. The number of benzene rings is 1. The Bertz CT molecular complexity index is 563. The molecule has 2 atom stereocenters. The second kappa shape index (κ2) is 15.1. The Hall–Kier alpha value is -0.811. The van der Waals surface area contributed by atoms with Crippen LogP contribution in [-0.2, 0) is 4.79 Å². The van der Waals surface area contributed by atoms with Gasteiger partial charge in [0, 0.05) is 0 Å². The van der Waals surface area contributed by atoms with Crippen molar-refractivity contribution in [2.45, 2.75) is 89.6 Å². The minimum absolute atomic E-state index is 0.642. The van der Waals surface area contributed by atoms with E-state index in [0.717, 1.165) is 10.0 Å². The summed E-state index contributed by atoms with van der Waals surface area (Å²) in [5.74, 6) is -1.76. The van der Waals surface area contributed by atoms with Crippen molar-refractivity contribution in [2.24, 2.45) is 5.92 Å². The summed E-state index contributed by atoms with van der Waals surface area (Å²) in [5.41, 5.74) is 0.966. The molecule has 0 fully saturated rings. The maximum atomic E-state index is 11.8. The van der Waals surface area contributed by atoms with Crippen molar-refractivity contribution < 1.29 is 15.0 Å². The van der Waals surface area contributed by atoms with Crippen molar-refractivity contribution in [2.75, 3.05) is 0 Å². The van der Waals surface area contributed by atoms with Crippen LogP contribution in [0.2, 0.25) is 17.7 Å². The Morgan fingerprint density at radius 2 is 1.45 bits per heavy atom. The quantitative estimate of drug-likeness (QED) is 0.236. The van der Waals surface area contributed by atoms with Crippen molar-refractivity contribution in [1.82, 2.24) is 0 Å². The number of aliphatic hydroxyl groups excluding tert-OH is 1. The van der Waals surface area contributed by atoms with E-state index >= 15 is 0 Å². The molecule has 0 spiro atoms. The van der Waals surface area contributed by atoms with Gasteiger partial charge in [0.05, 0.1) is 0 Å². The number of hydrogen-bond acceptors (Lipinski definition) is 2. The number of hydrogen-bond donors (Lipinski definition) is 2. The minimum atomic E-state index is -2.34. The number of unbranched alkanes of at least 4 members (excludes halogenated alkanes) is 3. The van der Waals surface area contributed by atoms with Gasteiger partial charge < -0.3 is 0 Å². The van der Waals surface area contributed by atoms with E-state index in [1.807, 2.05) is 36.4 Å². The van der Waals surface area contributed by atoms with E-state index in [2.05, 4.69) is 20.8 Å². The van der Waals surface area contributed by atoms with Crippen molar-refractivity contribution in [1.29, 1.82) is 0 Å². The predicted octanol–water partition coefficient (Wildman–Crippen LogP) is 7.00. The van der Waals surface area contributed by atoms with Crippen molar-refractivity contribution in [3.05, 3.63) is 42.0 Å². The molecule has 0 aliphatic heterocycles. The van der Waals surface area contributed by atoms with Gasteiger partial charge in [-0.25, -0.2) is 0 Å². The number of aliphatic carboxylic acids is 1. The van der Waals surface area contributed by atoms with Crippen LogP contribution in [0.15, 0.2) is 36.4 Å². The molecule has 0 amide bonds. The molecule has 0 heterocycles. The van der Waals surface area contributed by atoms with Gasteiger partial charge >= 0.3 is 183 Å². The van der Waals surface area contributed by atoms with Crippen molar-refractivity contribution in [3.8, 4) is 0 Å². The van der Waals surface area contributed by atoms with Crippen LogP contribution in [0.25, 0.3) is 6.08 Å². The first-order chi connectivity index (χ1) is 14.0. The summed E-state index contributed by atoms with van der Waals surface area (Å²) in [6.45, 7) is 6.79. The average molecular weight is 509 g/mol. The number of carbonyl (C=O) groups is 1. The van der Waals surface area contributed by atoms with Crippen LogP contribution in [0.5, 0.6) is 0 Å². The number of rotatable bonds is 16. The second-order valence-electron chi connectivity index (χ2n) is 8.55. The summed E-state index contributed by atoms with van der Waals surface area (Å²) in [7, 11) is 0. The third kappa shape index (κ3) is 10.2. The molecule has 0 aromatic heterocycles. The second-order valence-corrected chi connectivity index (χ2v) is 22.8. The first kappa shape index (κ1) is 26.2.